The minimum atomic E-state index is -0.454. The third kappa shape index (κ3) is 4.67. The average molecular weight is 368 g/mol. The topological polar surface area (TPSA) is 71.1 Å². The van der Waals surface area contributed by atoms with E-state index in [4.69, 9.17) is 14.2 Å². The van der Waals surface area contributed by atoms with E-state index in [1.165, 1.54) is 20.3 Å². The van der Waals surface area contributed by atoms with Gasteiger partial charge >= 0.3 is 11.9 Å². The van der Waals surface area contributed by atoms with Crippen LogP contribution in [0.15, 0.2) is 42.5 Å². The first-order valence-corrected chi connectivity index (χ1v) is 8.48. The van der Waals surface area contributed by atoms with Crippen molar-refractivity contribution in [1.29, 1.82) is 0 Å². The molecule has 0 atom stereocenters. The molecule has 0 aromatic heterocycles. The minimum absolute atomic E-state index is 0.153. The van der Waals surface area contributed by atoms with E-state index in [0.29, 0.717) is 18.1 Å². The molecule has 6 nitrogen and oxygen atoms in total. The highest BCUT2D eigenvalue weighted by molar-refractivity contribution is 5.87. The number of carbonyl (C=O) groups is 2. The van der Waals surface area contributed by atoms with Crippen LogP contribution in [-0.4, -0.2) is 32.8 Å². The zero-order valence-corrected chi connectivity index (χ0v) is 15.2. The molecule has 0 fully saturated rings. The molecular weight excluding hydrogens is 348 g/mol. The Kier molecular flexibility index (Phi) is 5.76. The fourth-order valence-corrected chi connectivity index (χ4v) is 2.78. The van der Waals surface area contributed by atoms with E-state index < -0.39 is 5.97 Å². The van der Waals surface area contributed by atoms with Crippen LogP contribution in [0.3, 0.4) is 0 Å². The van der Waals surface area contributed by atoms with Crippen LogP contribution in [0.1, 0.15) is 16.7 Å². The molecule has 1 heterocycles. The SMILES string of the molecule is COC(=O)/C=C/c1ccc(OC(=O)Cc2ccc3c(c2)CCO3)c(OC)c1. The van der Waals surface area contributed by atoms with E-state index in [2.05, 4.69) is 4.74 Å². The fourth-order valence-electron chi connectivity index (χ4n) is 2.78. The van der Waals surface area contributed by atoms with E-state index >= 15 is 0 Å². The van der Waals surface area contributed by atoms with E-state index in [0.717, 1.165) is 28.9 Å². The van der Waals surface area contributed by atoms with Crippen molar-refractivity contribution < 1.29 is 28.5 Å². The minimum Gasteiger partial charge on any atom is -0.493 e. The smallest absolute Gasteiger partial charge is 0.330 e. The number of fused-ring (bicyclic) bond motifs is 1. The summed E-state index contributed by atoms with van der Waals surface area (Å²) in [5, 5.41) is 0. The molecule has 0 spiro atoms. The van der Waals surface area contributed by atoms with Gasteiger partial charge in [-0.1, -0.05) is 18.2 Å². The summed E-state index contributed by atoms with van der Waals surface area (Å²) < 4.78 is 20.8. The number of methoxy groups -OCH3 is 2. The standard InChI is InChI=1S/C21H20O6/c1-24-19-12-14(5-8-20(22)25-2)3-7-18(19)27-21(23)13-15-4-6-17-16(11-15)9-10-26-17/h3-8,11-12H,9-10,13H2,1-2H3/b8-5+. The van der Waals surface area contributed by atoms with Gasteiger partial charge < -0.3 is 18.9 Å². The molecular formula is C21H20O6. The normalized spacial score (nSPS) is 12.4. The van der Waals surface area contributed by atoms with Crippen molar-refractivity contribution in [2.75, 3.05) is 20.8 Å². The first-order chi connectivity index (χ1) is 13.1. The van der Waals surface area contributed by atoms with Crippen LogP contribution in [0.4, 0.5) is 0 Å². The number of hydrogen-bond acceptors (Lipinski definition) is 6. The lowest BCUT2D eigenvalue weighted by Gasteiger charge is -2.10. The number of hydrogen-bond donors (Lipinski definition) is 0. The Morgan fingerprint density at radius 2 is 1.96 bits per heavy atom. The molecule has 0 saturated heterocycles. The van der Waals surface area contributed by atoms with Gasteiger partial charge in [0.15, 0.2) is 11.5 Å². The van der Waals surface area contributed by atoms with Crippen molar-refractivity contribution >= 4 is 18.0 Å². The maximum atomic E-state index is 12.3. The molecule has 2 aromatic rings. The van der Waals surface area contributed by atoms with Crippen LogP contribution in [0.5, 0.6) is 17.2 Å². The van der Waals surface area contributed by atoms with Crippen molar-refractivity contribution in [3.63, 3.8) is 0 Å². The van der Waals surface area contributed by atoms with Crippen LogP contribution in [0.25, 0.3) is 6.08 Å². The molecule has 0 saturated carbocycles. The maximum Gasteiger partial charge on any atom is 0.330 e. The van der Waals surface area contributed by atoms with Gasteiger partial charge in [-0.25, -0.2) is 4.79 Å². The Morgan fingerprint density at radius 1 is 1.11 bits per heavy atom. The quantitative estimate of drug-likeness (QED) is 0.444. The molecule has 1 aliphatic rings. The zero-order valence-electron chi connectivity index (χ0n) is 15.2. The molecule has 1 aliphatic heterocycles. The predicted molar refractivity (Wildman–Crippen MR) is 99.0 cm³/mol. The summed E-state index contributed by atoms with van der Waals surface area (Å²) in [6.07, 6.45) is 3.90. The van der Waals surface area contributed by atoms with E-state index in [1.54, 1.807) is 24.3 Å². The highest BCUT2D eigenvalue weighted by Gasteiger charge is 2.15. The monoisotopic (exact) mass is 368 g/mol. The molecule has 140 valence electrons. The molecule has 0 aliphatic carbocycles. The van der Waals surface area contributed by atoms with Crippen molar-refractivity contribution in [1.82, 2.24) is 0 Å². The van der Waals surface area contributed by atoms with Crippen LogP contribution < -0.4 is 14.2 Å². The van der Waals surface area contributed by atoms with Gasteiger partial charge in [0.2, 0.25) is 0 Å². The number of benzene rings is 2. The van der Waals surface area contributed by atoms with E-state index in [1.807, 2.05) is 18.2 Å². The lowest BCUT2D eigenvalue weighted by Crippen LogP contribution is -2.12. The van der Waals surface area contributed by atoms with Crippen LogP contribution in [0, 0.1) is 0 Å². The number of ether oxygens (including phenoxy) is 4. The van der Waals surface area contributed by atoms with Gasteiger partial charge in [-0.2, -0.15) is 0 Å². The van der Waals surface area contributed by atoms with E-state index in [9.17, 15) is 9.59 Å². The number of esters is 2. The van der Waals surface area contributed by atoms with Gasteiger partial charge in [0.1, 0.15) is 5.75 Å². The maximum absolute atomic E-state index is 12.3. The largest absolute Gasteiger partial charge is 0.493 e. The Bertz CT molecular complexity index is 884. The molecule has 0 N–H and O–H groups in total. The lowest BCUT2D eigenvalue weighted by molar-refractivity contribution is -0.135. The van der Waals surface area contributed by atoms with Gasteiger partial charge in [-0.3, -0.25) is 4.79 Å². The first kappa shape index (κ1) is 18.5. The third-order valence-electron chi connectivity index (χ3n) is 4.13. The highest BCUT2D eigenvalue weighted by atomic mass is 16.6. The van der Waals surface area contributed by atoms with Gasteiger partial charge in [-0.05, 0) is 41.0 Å². The Hall–Kier alpha value is -3.28. The molecule has 27 heavy (non-hydrogen) atoms. The first-order valence-electron chi connectivity index (χ1n) is 8.48. The molecule has 0 amide bonds. The van der Waals surface area contributed by atoms with E-state index in [-0.39, 0.29) is 12.4 Å². The lowest BCUT2D eigenvalue weighted by atomic mass is 10.1. The van der Waals surface area contributed by atoms with Crippen molar-refractivity contribution in [2.24, 2.45) is 0 Å². The fraction of sp³-hybridized carbons (Fsp3) is 0.238. The second-order valence-corrected chi connectivity index (χ2v) is 5.96. The average Bonchev–Trinajstić information content (AvgIpc) is 3.14. The molecule has 0 bridgehead atoms. The van der Waals surface area contributed by atoms with Crippen LogP contribution >= 0.6 is 0 Å². The summed E-state index contributed by atoms with van der Waals surface area (Å²) in [5.74, 6) is 0.763. The second-order valence-electron chi connectivity index (χ2n) is 5.96. The summed E-state index contributed by atoms with van der Waals surface area (Å²) in [6, 6.07) is 10.7. The van der Waals surface area contributed by atoms with Crippen molar-refractivity contribution in [2.45, 2.75) is 12.8 Å². The Labute approximate surface area is 157 Å². The molecule has 2 aromatic carbocycles. The van der Waals surface area contributed by atoms with Crippen molar-refractivity contribution in [3.8, 4) is 17.2 Å². The third-order valence-corrected chi connectivity index (χ3v) is 4.13. The Morgan fingerprint density at radius 3 is 2.74 bits per heavy atom. The molecule has 0 unspecified atom stereocenters. The zero-order chi connectivity index (χ0) is 19.2. The van der Waals surface area contributed by atoms with Gasteiger partial charge in [0, 0.05) is 12.5 Å². The summed E-state index contributed by atoms with van der Waals surface area (Å²) in [7, 11) is 2.80. The highest BCUT2D eigenvalue weighted by Crippen LogP contribution is 2.30. The summed E-state index contributed by atoms with van der Waals surface area (Å²) >= 11 is 0. The summed E-state index contributed by atoms with van der Waals surface area (Å²) in [5.41, 5.74) is 2.70. The molecule has 6 heteroatoms. The van der Waals surface area contributed by atoms with Gasteiger partial charge in [0.05, 0.1) is 27.2 Å². The van der Waals surface area contributed by atoms with Crippen LogP contribution in [0.2, 0.25) is 0 Å². The van der Waals surface area contributed by atoms with Crippen LogP contribution in [-0.2, 0) is 27.2 Å². The molecule has 0 radical (unpaired) electrons. The van der Waals surface area contributed by atoms with Crippen molar-refractivity contribution in [3.05, 3.63) is 59.2 Å². The predicted octanol–water partition coefficient (Wildman–Crippen LogP) is 2.96. The second kappa shape index (κ2) is 8.40. The summed E-state index contributed by atoms with van der Waals surface area (Å²) in [6.45, 7) is 0.678. The number of rotatable bonds is 6. The van der Waals surface area contributed by atoms with Gasteiger partial charge in [0.25, 0.3) is 0 Å². The molecule has 3 rings (SSSR count). The number of carbonyl (C=O) groups excluding carboxylic acids is 2. The Balaban J connectivity index is 1.68. The summed E-state index contributed by atoms with van der Waals surface area (Å²) in [4.78, 5) is 23.5. The van der Waals surface area contributed by atoms with Gasteiger partial charge in [-0.15, -0.1) is 0 Å².